The van der Waals surface area contributed by atoms with Crippen LogP contribution in [0, 0.1) is 6.92 Å². The summed E-state index contributed by atoms with van der Waals surface area (Å²) in [5.74, 6) is 0.777. The van der Waals surface area contributed by atoms with Crippen LogP contribution in [0.3, 0.4) is 0 Å². The maximum Gasteiger partial charge on any atom is 0.314 e. The molecule has 0 radical (unpaired) electrons. The van der Waals surface area contributed by atoms with Gasteiger partial charge in [0.1, 0.15) is 5.65 Å². The summed E-state index contributed by atoms with van der Waals surface area (Å²) in [6.45, 7) is 6.76. The van der Waals surface area contributed by atoms with E-state index in [1.807, 2.05) is 25.3 Å². The number of primary amides is 1. The molecule has 0 aromatic carbocycles. The number of hydrogen-bond acceptors (Lipinski definition) is 3. The van der Waals surface area contributed by atoms with Gasteiger partial charge in [-0.2, -0.15) is 0 Å². The molecule has 0 unspecified atom stereocenters. The first-order valence-corrected chi connectivity index (χ1v) is 9.09. The minimum absolute atomic E-state index is 0.284. The molecule has 0 saturated carbocycles. The van der Waals surface area contributed by atoms with Crippen molar-refractivity contribution >= 4 is 17.6 Å². The molecule has 3 rings (SSSR count). The summed E-state index contributed by atoms with van der Waals surface area (Å²) in [6, 6.07) is 6.01. The minimum atomic E-state index is -0.342. The van der Waals surface area contributed by atoms with E-state index in [0.717, 1.165) is 42.4 Å². The number of nitrogens with zero attached hydrogens (tertiary/aromatic N) is 4. The van der Waals surface area contributed by atoms with E-state index in [4.69, 9.17) is 5.73 Å². The molecule has 2 amide bonds. The molecule has 0 atom stereocenters. The number of fused-ring (bicyclic) bond motifs is 1. The highest BCUT2D eigenvalue weighted by atomic mass is 16.2. The average molecular weight is 357 g/mol. The summed E-state index contributed by atoms with van der Waals surface area (Å²) in [7, 11) is 0. The zero-order valence-electron chi connectivity index (χ0n) is 15.4. The normalized spacial score (nSPS) is 16.1. The Bertz CT molecular complexity index is 790. The Morgan fingerprint density at radius 3 is 2.81 bits per heavy atom. The lowest BCUT2D eigenvalue weighted by atomic mass is 10.1. The minimum Gasteiger partial charge on any atom is -0.357 e. The number of amides is 2. The molecule has 2 aromatic heterocycles. The number of guanidine groups is 1. The van der Waals surface area contributed by atoms with E-state index in [2.05, 4.69) is 38.0 Å². The molecule has 1 aliphatic rings. The molecule has 0 aliphatic carbocycles. The fraction of sp³-hybridized carbons (Fsp3) is 0.500. The molecule has 1 fully saturated rings. The van der Waals surface area contributed by atoms with Crippen molar-refractivity contribution in [1.29, 1.82) is 0 Å². The SMILES string of the molecule is CCNC(=NCc1cn2c(C)cccc2n1)NC1CCN(C(N)=O)CC1. The van der Waals surface area contributed by atoms with E-state index >= 15 is 0 Å². The van der Waals surface area contributed by atoms with Gasteiger partial charge >= 0.3 is 6.03 Å². The molecule has 0 bridgehead atoms. The number of urea groups is 1. The van der Waals surface area contributed by atoms with E-state index < -0.39 is 0 Å². The zero-order valence-corrected chi connectivity index (χ0v) is 15.4. The van der Waals surface area contributed by atoms with Gasteiger partial charge in [0.2, 0.25) is 0 Å². The molecule has 8 heteroatoms. The molecule has 8 nitrogen and oxygen atoms in total. The van der Waals surface area contributed by atoms with Crippen LogP contribution >= 0.6 is 0 Å². The van der Waals surface area contributed by atoms with E-state index in [1.165, 1.54) is 0 Å². The second-order valence-electron chi connectivity index (χ2n) is 6.57. The van der Waals surface area contributed by atoms with Crippen molar-refractivity contribution in [1.82, 2.24) is 24.9 Å². The number of rotatable bonds is 4. The monoisotopic (exact) mass is 357 g/mol. The van der Waals surface area contributed by atoms with Gasteiger partial charge in [-0.25, -0.2) is 14.8 Å². The van der Waals surface area contributed by atoms with Crippen LogP contribution in [-0.2, 0) is 6.54 Å². The van der Waals surface area contributed by atoms with Gasteiger partial charge in [0.05, 0.1) is 12.2 Å². The number of hydrogen-bond donors (Lipinski definition) is 3. The molecule has 0 spiro atoms. The summed E-state index contributed by atoms with van der Waals surface area (Å²) in [5, 5.41) is 6.74. The summed E-state index contributed by atoms with van der Waals surface area (Å²) in [5.41, 5.74) is 8.35. The Labute approximate surface area is 153 Å². The second kappa shape index (κ2) is 8.07. The summed E-state index contributed by atoms with van der Waals surface area (Å²) in [6.07, 6.45) is 3.75. The number of carbonyl (C=O) groups is 1. The highest BCUT2D eigenvalue weighted by Crippen LogP contribution is 2.11. The Morgan fingerprint density at radius 2 is 2.15 bits per heavy atom. The number of piperidine rings is 1. The Balaban J connectivity index is 1.63. The molecular formula is C18H27N7O. The van der Waals surface area contributed by atoms with E-state index in [0.29, 0.717) is 19.6 Å². The molecule has 140 valence electrons. The van der Waals surface area contributed by atoms with Crippen LogP contribution in [0.25, 0.3) is 5.65 Å². The van der Waals surface area contributed by atoms with Crippen LogP contribution in [0.5, 0.6) is 0 Å². The maximum absolute atomic E-state index is 11.2. The van der Waals surface area contributed by atoms with Gasteiger partial charge in [0, 0.05) is 37.6 Å². The summed E-state index contributed by atoms with van der Waals surface area (Å²) in [4.78, 5) is 22.2. The van der Waals surface area contributed by atoms with E-state index in [1.54, 1.807) is 4.90 Å². The number of pyridine rings is 1. The number of aryl methyl sites for hydroxylation is 1. The average Bonchev–Trinajstić information content (AvgIpc) is 3.05. The van der Waals surface area contributed by atoms with Crippen LogP contribution < -0.4 is 16.4 Å². The lowest BCUT2D eigenvalue weighted by molar-refractivity contribution is 0.188. The molecule has 2 aromatic rings. The van der Waals surface area contributed by atoms with Crippen LogP contribution in [0.1, 0.15) is 31.2 Å². The number of aliphatic imine (C=N–C) groups is 1. The number of aromatic nitrogens is 2. The number of carbonyl (C=O) groups excluding carboxylic acids is 1. The summed E-state index contributed by atoms with van der Waals surface area (Å²) >= 11 is 0. The van der Waals surface area contributed by atoms with Crippen molar-refractivity contribution in [2.75, 3.05) is 19.6 Å². The van der Waals surface area contributed by atoms with Crippen LogP contribution in [0.4, 0.5) is 4.79 Å². The maximum atomic E-state index is 11.2. The molecule has 1 aliphatic heterocycles. The summed E-state index contributed by atoms with van der Waals surface area (Å²) < 4.78 is 2.07. The van der Waals surface area contributed by atoms with Crippen LogP contribution in [-0.4, -0.2) is 52.0 Å². The predicted molar refractivity (Wildman–Crippen MR) is 102 cm³/mol. The fourth-order valence-corrected chi connectivity index (χ4v) is 3.19. The van der Waals surface area contributed by atoms with Gasteiger partial charge < -0.3 is 25.7 Å². The van der Waals surface area contributed by atoms with Gasteiger partial charge in [0.15, 0.2) is 5.96 Å². The highest BCUT2D eigenvalue weighted by molar-refractivity contribution is 5.80. The molecule has 26 heavy (non-hydrogen) atoms. The third-order valence-corrected chi connectivity index (χ3v) is 4.64. The zero-order chi connectivity index (χ0) is 18.5. The van der Waals surface area contributed by atoms with Crippen LogP contribution in [0.2, 0.25) is 0 Å². The molecule has 1 saturated heterocycles. The fourth-order valence-electron chi connectivity index (χ4n) is 3.19. The van der Waals surface area contributed by atoms with Gasteiger partial charge in [-0.15, -0.1) is 0 Å². The lowest BCUT2D eigenvalue weighted by Gasteiger charge is -2.32. The smallest absolute Gasteiger partial charge is 0.314 e. The van der Waals surface area contributed by atoms with Gasteiger partial charge in [0.25, 0.3) is 0 Å². The first kappa shape index (κ1) is 18.0. The Hall–Kier alpha value is -2.77. The Kier molecular flexibility index (Phi) is 5.60. The first-order chi connectivity index (χ1) is 12.6. The largest absolute Gasteiger partial charge is 0.357 e. The topological polar surface area (TPSA) is 100 Å². The second-order valence-corrected chi connectivity index (χ2v) is 6.57. The van der Waals surface area contributed by atoms with Gasteiger partial charge in [-0.1, -0.05) is 6.07 Å². The predicted octanol–water partition coefficient (Wildman–Crippen LogP) is 1.24. The number of nitrogens with two attached hydrogens (primary N) is 1. The highest BCUT2D eigenvalue weighted by Gasteiger charge is 2.21. The van der Waals surface area contributed by atoms with Crippen molar-refractivity contribution in [3.63, 3.8) is 0 Å². The van der Waals surface area contributed by atoms with Crippen molar-refractivity contribution in [3.8, 4) is 0 Å². The van der Waals surface area contributed by atoms with E-state index in [-0.39, 0.29) is 12.1 Å². The van der Waals surface area contributed by atoms with Crippen molar-refractivity contribution in [2.45, 2.75) is 39.3 Å². The number of likely N-dealkylation sites (tertiary alicyclic amines) is 1. The third kappa shape index (κ3) is 4.25. The molecule has 4 N–H and O–H groups in total. The molecule has 3 heterocycles. The lowest BCUT2D eigenvalue weighted by Crippen LogP contribution is -2.50. The van der Waals surface area contributed by atoms with Gasteiger partial charge in [-0.05, 0) is 38.8 Å². The first-order valence-electron chi connectivity index (χ1n) is 9.09. The number of imidazole rings is 1. The van der Waals surface area contributed by atoms with Crippen molar-refractivity contribution in [2.24, 2.45) is 10.7 Å². The van der Waals surface area contributed by atoms with E-state index in [9.17, 15) is 4.79 Å². The van der Waals surface area contributed by atoms with Crippen LogP contribution in [0.15, 0.2) is 29.4 Å². The third-order valence-electron chi connectivity index (χ3n) is 4.64. The quantitative estimate of drug-likeness (QED) is 0.566. The standard InChI is InChI=1S/C18H27N7O/c1-3-20-18(23-14-7-9-24(10-8-14)17(19)26)21-11-15-12-25-13(2)5-4-6-16(25)22-15/h4-6,12,14H,3,7-11H2,1-2H3,(H2,19,26)(H2,20,21,23). The van der Waals surface area contributed by atoms with Crippen molar-refractivity contribution in [3.05, 3.63) is 35.8 Å². The Morgan fingerprint density at radius 1 is 1.38 bits per heavy atom. The van der Waals surface area contributed by atoms with Crippen molar-refractivity contribution < 1.29 is 4.79 Å². The van der Waals surface area contributed by atoms with Gasteiger partial charge in [-0.3, -0.25) is 0 Å². The molecular weight excluding hydrogens is 330 g/mol. The number of nitrogens with one attached hydrogen (secondary N) is 2.